The Morgan fingerprint density at radius 2 is 2.13 bits per heavy atom. The van der Waals surface area contributed by atoms with Crippen molar-refractivity contribution in [2.75, 3.05) is 6.54 Å². The van der Waals surface area contributed by atoms with Crippen molar-refractivity contribution in [3.8, 4) is 0 Å². The predicted octanol–water partition coefficient (Wildman–Crippen LogP) is 0.283. The molecule has 1 aliphatic heterocycles. The monoisotopic (exact) mass is 212 g/mol. The van der Waals surface area contributed by atoms with Gasteiger partial charge in [-0.3, -0.25) is 14.8 Å². The lowest BCUT2D eigenvalue weighted by atomic mass is 10.1. The summed E-state index contributed by atoms with van der Waals surface area (Å²) in [5.74, 6) is -0.404. The largest absolute Gasteiger partial charge is 0.330 e. The fourth-order valence-electron chi connectivity index (χ4n) is 2.10. The van der Waals surface area contributed by atoms with Crippen LogP contribution in [-0.2, 0) is 9.59 Å². The van der Waals surface area contributed by atoms with E-state index in [1.807, 2.05) is 6.92 Å². The van der Waals surface area contributed by atoms with Gasteiger partial charge >= 0.3 is 0 Å². The van der Waals surface area contributed by atoms with Crippen LogP contribution >= 0.6 is 0 Å². The number of carbonyl (C=O) groups is 2. The minimum atomic E-state index is -0.472. The fourth-order valence-corrected chi connectivity index (χ4v) is 2.10. The van der Waals surface area contributed by atoms with Gasteiger partial charge in [-0.2, -0.15) is 0 Å². The average Bonchev–Trinajstić information content (AvgIpc) is 2.83. The third-order valence-corrected chi connectivity index (χ3v) is 3.44. The smallest absolute Gasteiger partial charge is 0.266 e. The van der Waals surface area contributed by atoms with Gasteiger partial charge in [-0.25, -0.2) is 5.48 Å². The van der Waals surface area contributed by atoms with Crippen LogP contribution in [0.25, 0.3) is 0 Å². The van der Waals surface area contributed by atoms with E-state index in [-0.39, 0.29) is 11.3 Å². The van der Waals surface area contributed by atoms with Crippen LogP contribution < -0.4 is 5.48 Å². The molecule has 2 rings (SSSR count). The number of hydrogen-bond donors (Lipinski definition) is 2. The molecular formula is C10H16N2O3. The third kappa shape index (κ3) is 1.71. The number of nitrogens with zero attached hydrogens (tertiary/aromatic N) is 1. The Morgan fingerprint density at radius 1 is 1.47 bits per heavy atom. The van der Waals surface area contributed by atoms with E-state index in [1.165, 1.54) is 0 Å². The maximum atomic E-state index is 12.0. The summed E-state index contributed by atoms with van der Waals surface area (Å²) in [6, 6.07) is -0.472. The summed E-state index contributed by atoms with van der Waals surface area (Å²) in [5, 5.41) is 8.58. The zero-order valence-corrected chi connectivity index (χ0v) is 8.82. The van der Waals surface area contributed by atoms with Gasteiger partial charge in [-0.15, -0.1) is 0 Å². The second-order valence-electron chi connectivity index (χ2n) is 4.69. The molecule has 1 heterocycles. The Morgan fingerprint density at radius 3 is 2.67 bits per heavy atom. The molecule has 2 N–H and O–H groups in total. The fraction of sp³-hybridized carbons (Fsp3) is 0.800. The lowest BCUT2D eigenvalue weighted by molar-refractivity contribution is -0.145. The van der Waals surface area contributed by atoms with Crippen LogP contribution in [-0.4, -0.2) is 34.5 Å². The van der Waals surface area contributed by atoms with Gasteiger partial charge in [0, 0.05) is 12.0 Å². The summed E-state index contributed by atoms with van der Waals surface area (Å²) in [4.78, 5) is 25.0. The second kappa shape index (κ2) is 3.48. The van der Waals surface area contributed by atoms with Gasteiger partial charge in [0.15, 0.2) is 0 Å². The molecule has 0 bridgehead atoms. The molecule has 2 aliphatic rings. The number of hydroxylamine groups is 1. The van der Waals surface area contributed by atoms with E-state index in [0.717, 1.165) is 19.3 Å². The predicted molar refractivity (Wildman–Crippen MR) is 52.0 cm³/mol. The number of nitrogens with one attached hydrogen (secondary N) is 1. The van der Waals surface area contributed by atoms with Gasteiger partial charge in [0.25, 0.3) is 5.91 Å². The average molecular weight is 212 g/mol. The van der Waals surface area contributed by atoms with Crippen molar-refractivity contribution in [2.24, 2.45) is 5.41 Å². The van der Waals surface area contributed by atoms with E-state index in [9.17, 15) is 9.59 Å². The molecule has 84 valence electrons. The van der Waals surface area contributed by atoms with Crippen LogP contribution in [0.3, 0.4) is 0 Å². The molecule has 2 fully saturated rings. The molecule has 0 spiro atoms. The Bertz CT molecular complexity index is 299. The van der Waals surface area contributed by atoms with Crippen molar-refractivity contribution in [1.82, 2.24) is 10.4 Å². The standard InChI is InChI=1S/C10H16N2O3/c1-10(4-5-10)9(14)12-6-2-3-7(12)8(13)11-15/h7,15H,2-6H2,1H3,(H,11,13)/t7-/m1/s1. The van der Waals surface area contributed by atoms with Crippen LogP contribution in [0.15, 0.2) is 0 Å². The van der Waals surface area contributed by atoms with Gasteiger partial charge in [-0.05, 0) is 25.7 Å². The normalized spacial score (nSPS) is 27.6. The SMILES string of the molecule is CC1(C(=O)N2CCC[C@@H]2C(=O)NO)CC1. The van der Waals surface area contributed by atoms with E-state index in [1.54, 1.807) is 10.4 Å². The maximum absolute atomic E-state index is 12.0. The highest BCUT2D eigenvalue weighted by Crippen LogP contribution is 2.47. The molecule has 0 radical (unpaired) electrons. The van der Waals surface area contributed by atoms with Crippen LogP contribution in [0, 0.1) is 5.41 Å². The molecule has 0 aromatic rings. The topological polar surface area (TPSA) is 69.6 Å². The van der Waals surface area contributed by atoms with E-state index < -0.39 is 11.9 Å². The summed E-state index contributed by atoms with van der Waals surface area (Å²) in [6.07, 6.45) is 3.31. The number of likely N-dealkylation sites (tertiary alicyclic amines) is 1. The quantitative estimate of drug-likeness (QED) is 0.510. The molecule has 15 heavy (non-hydrogen) atoms. The summed E-state index contributed by atoms with van der Waals surface area (Å²) in [7, 11) is 0. The van der Waals surface area contributed by atoms with Crippen LogP contribution in [0.1, 0.15) is 32.6 Å². The molecule has 5 nitrogen and oxygen atoms in total. The molecule has 1 atom stereocenters. The first-order valence-electron chi connectivity index (χ1n) is 5.33. The highest BCUT2D eigenvalue weighted by Gasteiger charge is 2.50. The van der Waals surface area contributed by atoms with Crippen molar-refractivity contribution >= 4 is 11.8 Å². The van der Waals surface area contributed by atoms with Crippen LogP contribution in [0.5, 0.6) is 0 Å². The van der Waals surface area contributed by atoms with Gasteiger partial charge in [0.2, 0.25) is 5.91 Å². The molecule has 5 heteroatoms. The van der Waals surface area contributed by atoms with E-state index >= 15 is 0 Å². The Kier molecular flexibility index (Phi) is 2.42. The number of hydrogen-bond acceptors (Lipinski definition) is 3. The molecule has 1 aliphatic carbocycles. The number of carbonyl (C=O) groups excluding carboxylic acids is 2. The van der Waals surface area contributed by atoms with Crippen molar-refractivity contribution in [3.63, 3.8) is 0 Å². The number of rotatable bonds is 2. The Hall–Kier alpha value is -1.10. The second-order valence-corrected chi connectivity index (χ2v) is 4.69. The first-order chi connectivity index (χ1) is 7.08. The highest BCUT2D eigenvalue weighted by molar-refractivity contribution is 5.91. The minimum Gasteiger partial charge on any atom is -0.330 e. The molecule has 0 aromatic carbocycles. The Balaban J connectivity index is 2.07. The maximum Gasteiger partial charge on any atom is 0.266 e. The lowest BCUT2D eigenvalue weighted by Crippen LogP contribution is -2.47. The van der Waals surface area contributed by atoms with E-state index in [4.69, 9.17) is 5.21 Å². The van der Waals surface area contributed by atoms with Gasteiger partial charge in [-0.1, -0.05) is 6.92 Å². The first-order valence-corrected chi connectivity index (χ1v) is 5.33. The lowest BCUT2D eigenvalue weighted by Gasteiger charge is -2.25. The highest BCUT2D eigenvalue weighted by atomic mass is 16.5. The van der Waals surface area contributed by atoms with Crippen molar-refractivity contribution < 1.29 is 14.8 Å². The molecule has 0 aromatic heterocycles. The third-order valence-electron chi connectivity index (χ3n) is 3.44. The first kappa shape index (κ1) is 10.4. The molecule has 1 saturated heterocycles. The van der Waals surface area contributed by atoms with E-state index in [2.05, 4.69) is 0 Å². The van der Waals surface area contributed by atoms with E-state index in [0.29, 0.717) is 13.0 Å². The van der Waals surface area contributed by atoms with Crippen molar-refractivity contribution in [2.45, 2.75) is 38.6 Å². The van der Waals surface area contributed by atoms with Crippen molar-refractivity contribution in [1.29, 1.82) is 0 Å². The van der Waals surface area contributed by atoms with Crippen LogP contribution in [0.2, 0.25) is 0 Å². The molecule has 1 saturated carbocycles. The summed E-state index contributed by atoms with van der Waals surface area (Å²) >= 11 is 0. The van der Waals surface area contributed by atoms with Crippen LogP contribution in [0.4, 0.5) is 0 Å². The van der Waals surface area contributed by atoms with Crippen molar-refractivity contribution in [3.05, 3.63) is 0 Å². The zero-order chi connectivity index (χ0) is 11.1. The van der Waals surface area contributed by atoms with Gasteiger partial charge < -0.3 is 4.90 Å². The number of amides is 2. The van der Waals surface area contributed by atoms with Gasteiger partial charge in [0.1, 0.15) is 6.04 Å². The van der Waals surface area contributed by atoms with Gasteiger partial charge in [0.05, 0.1) is 0 Å². The zero-order valence-electron chi connectivity index (χ0n) is 8.82. The molecular weight excluding hydrogens is 196 g/mol. The molecule has 2 amide bonds. The minimum absolute atomic E-state index is 0.0635. The summed E-state index contributed by atoms with van der Waals surface area (Å²) in [5.41, 5.74) is 1.39. The molecule has 0 unspecified atom stereocenters. The summed E-state index contributed by atoms with van der Waals surface area (Å²) < 4.78 is 0. The summed E-state index contributed by atoms with van der Waals surface area (Å²) in [6.45, 7) is 2.56. The Labute approximate surface area is 88.4 Å².